The third-order valence-electron chi connectivity index (χ3n) is 4.54. The maximum atomic E-state index is 13.4. The van der Waals surface area contributed by atoms with Gasteiger partial charge >= 0.3 is 12.1 Å². The number of halogens is 3. The van der Waals surface area contributed by atoms with Crippen LogP contribution in [-0.4, -0.2) is 35.4 Å². The van der Waals surface area contributed by atoms with Gasteiger partial charge in [0.1, 0.15) is 5.75 Å². The van der Waals surface area contributed by atoms with Gasteiger partial charge in [0.05, 0.1) is 0 Å². The minimum absolute atomic E-state index is 0.0574. The summed E-state index contributed by atoms with van der Waals surface area (Å²) in [6.07, 6.45) is -5.01. The standard InChI is InChI=1S/C15H18F3NO3/c1-8-3-10(12(20)4-9(8)2)5-11-6-19-7-14(11,13(21)22)15(16,17)18/h3-4,11,19-20H,5-7H2,1-2H3,(H,21,22)/t11-,14-/m0/s1. The molecular weight excluding hydrogens is 299 g/mol. The minimum atomic E-state index is -4.86. The summed E-state index contributed by atoms with van der Waals surface area (Å²) in [5.41, 5.74) is -0.817. The fraction of sp³-hybridized carbons (Fsp3) is 0.533. The highest BCUT2D eigenvalue weighted by Gasteiger charge is 2.66. The number of alkyl halides is 3. The number of benzene rings is 1. The van der Waals surface area contributed by atoms with Crippen molar-refractivity contribution in [3.05, 3.63) is 28.8 Å². The van der Waals surface area contributed by atoms with E-state index in [1.54, 1.807) is 19.9 Å². The molecule has 0 saturated carbocycles. The van der Waals surface area contributed by atoms with Crippen LogP contribution >= 0.6 is 0 Å². The van der Waals surface area contributed by atoms with Crippen molar-refractivity contribution in [3.8, 4) is 5.75 Å². The first-order valence-electron chi connectivity index (χ1n) is 6.89. The second-order valence-electron chi connectivity index (χ2n) is 5.87. The van der Waals surface area contributed by atoms with Gasteiger partial charge in [-0.1, -0.05) is 6.07 Å². The molecule has 0 aromatic heterocycles. The van der Waals surface area contributed by atoms with Crippen molar-refractivity contribution >= 4 is 5.97 Å². The van der Waals surface area contributed by atoms with E-state index in [2.05, 4.69) is 5.32 Å². The zero-order valence-electron chi connectivity index (χ0n) is 12.3. The van der Waals surface area contributed by atoms with Crippen LogP contribution in [0.4, 0.5) is 13.2 Å². The number of aryl methyl sites for hydroxylation is 2. The summed E-state index contributed by atoms with van der Waals surface area (Å²) in [6, 6.07) is 3.11. The molecule has 22 heavy (non-hydrogen) atoms. The second kappa shape index (κ2) is 5.46. The fourth-order valence-electron chi connectivity index (χ4n) is 3.00. The normalized spacial score (nSPS) is 25.4. The monoisotopic (exact) mass is 317 g/mol. The Morgan fingerprint density at radius 1 is 1.36 bits per heavy atom. The predicted molar refractivity (Wildman–Crippen MR) is 73.8 cm³/mol. The molecule has 1 aromatic carbocycles. The van der Waals surface area contributed by atoms with Gasteiger partial charge in [0, 0.05) is 12.5 Å². The largest absolute Gasteiger partial charge is 0.508 e. The molecule has 3 N–H and O–H groups in total. The average Bonchev–Trinajstić information content (AvgIpc) is 2.80. The number of carboxylic acids is 1. The third kappa shape index (κ3) is 2.54. The Kier molecular flexibility index (Phi) is 4.12. The van der Waals surface area contributed by atoms with E-state index in [0.717, 1.165) is 11.1 Å². The molecule has 0 bridgehead atoms. The summed E-state index contributed by atoms with van der Waals surface area (Å²) in [5, 5.41) is 21.7. The van der Waals surface area contributed by atoms with Crippen LogP contribution in [0.25, 0.3) is 0 Å². The highest BCUT2D eigenvalue weighted by Crippen LogP contribution is 2.48. The first-order valence-corrected chi connectivity index (χ1v) is 6.89. The lowest BCUT2D eigenvalue weighted by Crippen LogP contribution is -2.51. The summed E-state index contributed by atoms with van der Waals surface area (Å²) in [6.45, 7) is 2.87. The number of carboxylic acid groups (broad SMARTS) is 1. The van der Waals surface area contributed by atoms with Crippen molar-refractivity contribution in [2.75, 3.05) is 13.1 Å². The Balaban J connectivity index is 2.40. The molecule has 0 amide bonds. The van der Waals surface area contributed by atoms with Crippen LogP contribution in [0.3, 0.4) is 0 Å². The molecule has 1 saturated heterocycles. The molecule has 1 aliphatic rings. The van der Waals surface area contributed by atoms with Crippen molar-refractivity contribution in [1.29, 1.82) is 0 Å². The Morgan fingerprint density at radius 3 is 2.50 bits per heavy atom. The third-order valence-corrected chi connectivity index (χ3v) is 4.54. The average molecular weight is 317 g/mol. The molecule has 7 heteroatoms. The predicted octanol–water partition coefficient (Wildman–Crippen LogP) is 2.40. The van der Waals surface area contributed by atoms with Crippen LogP contribution in [0.5, 0.6) is 5.75 Å². The topological polar surface area (TPSA) is 69.6 Å². The lowest BCUT2D eigenvalue weighted by molar-refractivity contribution is -0.236. The number of hydrogen-bond donors (Lipinski definition) is 3. The lowest BCUT2D eigenvalue weighted by atomic mass is 9.74. The molecule has 2 rings (SSSR count). The SMILES string of the molecule is Cc1cc(O)c(C[C@H]2CNC[C@]2(C(=O)O)C(F)(F)F)cc1C. The van der Waals surface area contributed by atoms with E-state index in [9.17, 15) is 28.2 Å². The second-order valence-corrected chi connectivity index (χ2v) is 5.87. The van der Waals surface area contributed by atoms with Gasteiger partial charge in [0.15, 0.2) is 5.41 Å². The van der Waals surface area contributed by atoms with Gasteiger partial charge in [0.25, 0.3) is 0 Å². The lowest BCUT2D eigenvalue weighted by Gasteiger charge is -2.32. The molecule has 1 heterocycles. The van der Waals surface area contributed by atoms with Crippen LogP contribution in [0.1, 0.15) is 16.7 Å². The Labute approximate surface area is 126 Å². The molecule has 0 aliphatic carbocycles. The molecule has 1 aliphatic heterocycles. The molecule has 122 valence electrons. The zero-order valence-corrected chi connectivity index (χ0v) is 12.3. The van der Waals surface area contributed by atoms with E-state index in [1.807, 2.05) is 0 Å². The van der Waals surface area contributed by atoms with Gasteiger partial charge in [0.2, 0.25) is 0 Å². The molecular formula is C15H18F3NO3. The molecule has 0 unspecified atom stereocenters. The molecule has 1 fully saturated rings. The molecule has 1 aromatic rings. The zero-order chi connectivity index (χ0) is 16.7. The number of phenolic OH excluding ortho intramolecular Hbond substituents is 1. The molecule has 4 nitrogen and oxygen atoms in total. The van der Waals surface area contributed by atoms with E-state index in [-0.39, 0.29) is 18.7 Å². The Hall–Kier alpha value is -1.76. The summed E-state index contributed by atoms with van der Waals surface area (Å²) in [5.74, 6) is -3.15. The molecule has 0 spiro atoms. The van der Waals surface area contributed by atoms with Crippen molar-refractivity contribution in [3.63, 3.8) is 0 Å². The molecule has 2 atom stereocenters. The number of hydrogen-bond acceptors (Lipinski definition) is 3. The van der Waals surface area contributed by atoms with Crippen molar-refractivity contribution in [2.24, 2.45) is 11.3 Å². The summed E-state index contributed by atoms with van der Waals surface area (Å²) in [7, 11) is 0. The van der Waals surface area contributed by atoms with E-state index < -0.39 is 30.0 Å². The summed E-state index contributed by atoms with van der Waals surface area (Å²) < 4.78 is 40.1. The number of aliphatic carboxylic acids is 1. The van der Waals surface area contributed by atoms with Crippen LogP contribution < -0.4 is 5.32 Å². The first-order chi connectivity index (χ1) is 10.1. The van der Waals surface area contributed by atoms with Crippen molar-refractivity contribution < 1.29 is 28.2 Å². The number of nitrogens with one attached hydrogen (secondary N) is 1. The van der Waals surface area contributed by atoms with Crippen molar-refractivity contribution in [2.45, 2.75) is 26.4 Å². The van der Waals surface area contributed by atoms with Gasteiger partial charge in [-0.15, -0.1) is 0 Å². The van der Waals surface area contributed by atoms with E-state index >= 15 is 0 Å². The van der Waals surface area contributed by atoms with Gasteiger partial charge in [-0.25, -0.2) is 0 Å². The summed E-state index contributed by atoms with van der Waals surface area (Å²) >= 11 is 0. The molecule has 0 radical (unpaired) electrons. The minimum Gasteiger partial charge on any atom is -0.508 e. The van der Waals surface area contributed by atoms with Crippen molar-refractivity contribution in [1.82, 2.24) is 5.32 Å². The number of carbonyl (C=O) groups is 1. The van der Waals surface area contributed by atoms with Gasteiger partial charge < -0.3 is 15.5 Å². The van der Waals surface area contributed by atoms with E-state index in [4.69, 9.17) is 0 Å². The van der Waals surface area contributed by atoms with E-state index in [1.165, 1.54) is 6.07 Å². The van der Waals surface area contributed by atoms with Gasteiger partial charge in [-0.3, -0.25) is 4.79 Å². The number of phenols is 1. The number of aromatic hydroxyl groups is 1. The summed E-state index contributed by atoms with van der Waals surface area (Å²) in [4.78, 5) is 11.4. The fourth-order valence-corrected chi connectivity index (χ4v) is 3.00. The van der Waals surface area contributed by atoms with Crippen LogP contribution in [0.2, 0.25) is 0 Å². The Morgan fingerprint density at radius 2 is 1.95 bits per heavy atom. The maximum Gasteiger partial charge on any atom is 0.406 e. The number of rotatable bonds is 3. The van der Waals surface area contributed by atoms with E-state index in [0.29, 0.717) is 5.56 Å². The highest BCUT2D eigenvalue weighted by atomic mass is 19.4. The van der Waals surface area contributed by atoms with Crippen LogP contribution in [0, 0.1) is 25.2 Å². The maximum absolute atomic E-state index is 13.4. The highest BCUT2D eigenvalue weighted by molar-refractivity contribution is 5.77. The quantitative estimate of drug-likeness (QED) is 0.801. The van der Waals surface area contributed by atoms with Crippen LogP contribution in [0.15, 0.2) is 12.1 Å². The van der Waals surface area contributed by atoms with Gasteiger partial charge in [-0.2, -0.15) is 13.2 Å². The van der Waals surface area contributed by atoms with Gasteiger partial charge in [-0.05, 0) is 49.6 Å². The first kappa shape index (κ1) is 16.6. The van der Waals surface area contributed by atoms with Crippen LogP contribution in [-0.2, 0) is 11.2 Å². The Bertz CT molecular complexity index is 600. The smallest absolute Gasteiger partial charge is 0.406 e.